The van der Waals surface area contributed by atoms with Crippen molar-refractivity contribution in [2.75, 3.05) is 13.6 Å². The minimum Gasteiger partial charge on any atom is -0.372 e. The fourth-order valence-electron chi connectivity index (χ4n) is 1.75. The van der Waals surface area contributed by atoms with Crippen molar-refractivity contribution in [2.24, 2.45) is 0 Å². The number of likely N-dealkylation sites (N-methyl/N-ethyl adjacent to an activating group) is 1. The van der Waals surface area contributed by atoms with Gasteiger partial charge in [0.25, 0.3) is 0 Å². The summed E-state index contributed by atoms with van der Waals surface area (Å²) in [6.07, 6.45) is 10.4. The highest BCUT2D eigenvalue weighted by Gasteiger charge is 2.20. The van der Waals surface area contributed by atoms with E-state index in [4.69, 9.17) is 6.42 Å². The van der Waals surface area contributed by atoms with Gasteiger partial charge in [0.2, 0.25) is 0 Å². The van der Waals surface area contributed by atoms with Crippen LogP contribution < -0.4 is 5.32 Å². The molecule has 1 aromatic rings. The van der Waals surface area contributed by atoms with Gasteiger partial charge >= 0.3 is 5.97 Å². The van der Waals surface area contributed by atoms with E-state index in [0.717, 1.165) is 5.56 Å². The maximum absolute atomic E-state index is 11.8. The van der Waals surface area contributed by atoms with Crippen LogP contribution in [0.25, 0.3) is 0 Å². The van der Waals surface area contributed by atoms with Crippen LogP contribution in [-0.2, 0) is 14.3 Å². The Bertz CT molecular complexity index is 514. The van der Waals surface area contributed by atoms with E-state index in [9.17, 15) is 9.59 Å². The van der Waals surface area contributed by atoms with E-state index in [2.05, 4.69) is 10.1 Å². The van der Waals surface area contributed by atoms with Gasteiger partial charge in [-0.3, -0.25) is 9.59 Å². The first-order valence-corrected chi connectivity index (χ1v) is 6.24. The molecule has 0 aliphatic heterocycles. The topological polar surface area (TPSA) is 55.4 Å². The molecule has 0 saturated carbocycles. The number of rotatable bonds is 7. The number of hydrogen-bond acceptors (Lipinski definition) is 4. The average Bonchev–Trinajstić information content (AvgIpc) is 2.45. The molecule has 1 atom stereocenters. The normalized spacial score (nSPS) is 11.8. The van der Waals surface area contributed by atoms with Crippen molar-refractivity contribution in [3.63, 3.8) is 0 Å². The van der Waals surface area contributed by atoms with Crippen LogP contribution in [0, 0.1) is 12.5 Å². The van der Waals surface area contributed by atoms with E-state index < -0.39 is 11.9 Å². The molecule has 0 amide bonds. The summed E-state index contributed by atoms with van der Waals surface area (Å²) in [5.41, 5.74) is 0.804. The second-order valence-electron chi connectivity index (χ2n) is 4.14. The standard InChI is InChI=1S/C16H17NO3/c1-3-20-16(19)15(13-8-5-4-6-9-13)11-7-10-14(18)12-17-2/h1,4-10,15,17H,11-12H2,2H3/b10-7+. The molecule has 20 heavy (non-hydrogen) atoms. The van der Waals surface area contributed by atoms with Crippen LogP contribution in [0.5, 0.6) is 0 Å². The Morgan fingerprint density at radius 3 is 2.70 bits per heavy atom. The summed E-state index contributed by atoms with van der Waals surface area (Å²) in [5, 5.41) is 2.76. The van der Waals surface area contributed by atoms with Crippen LogP contribution in [-0.4, -0.2) is 25.3 Å². The highest BCUT2D eigenvalue weighted by Crippen LogP contribution is 2.21. The minimum absolute atomic E-state index is 0.0513. The molecule has 4 nitrogen and oxygen atoms in total. The van der Waals surface area contributed by atoms with Crippen LogP contribution in [0.4, 0.5) is 0 Å². The van der Waals surface area contributed by atoms with E-state index in [-0.39, 0.29) is 12.3 Å². The largest absolute Gasteiger partial charge is 0.372 e. The predicted octanol–water partition coefficient (Wildman–Crippen LogP) is 1.64. The zero-order valence-electron chi connectivity index (χ0n) is 11.3. The summed E-state index contributed by atoms with van der Waals surface area (Å²) < 4.78 is 4.62. The Kier molecular flexibility index (Phi) is 6.80. The van der Waals surface area contributed by atoms with Gasteiger partial charge in [0.15, 0.2) is 5.78 Å². The Labute approximate surface area is 118 Å². The molecule has 0 aliphatic carbocycles. The van der Waals surface area contributed by atoms with Crippen molar-refractivity contribution in [1.82, 2.24) is 5.32 Å². The van der Waals surface area contributed by atoms with Crippen LogP contribution in [0.3, 0.4) is 0 Å². The van der Waals surface area contributed by atoms with E-state index in [1.165, 1.54) is 6.08 Å². The average molecular weight is 271 g/mol. The summed E-state index contributed by atoms with van der Waals surface area (Å²) in [4.78, 5) is 23.2. The van der Waals surface area contributed by atoms with Gasteiger partial charge in [-0.1, -0.05) is 42.8 Å². The Morgan fingerprint density at radius 2 is 2.10 bits per heavy atom. The summed E-state index contributed by atoms with van der Waals surface area (Å²) in [7, 11) is 1.70. The molecule has 0 aliphatic rings. The number of terminal acetylenes is 1. The number of ether oxygens (including phenoxy) is 1. The van der Waals surface area contributed by atoms with E-state index >= 15 is 0 Å². The lowest BCUT2D eigenvalue weighted by Gasteiger charge is -2.11. The van der Waals surface area contributed by atoms with E-state index in [1.54, 1.807) is 13.1 Å². The highest BCUT2D eigenvalue weighted by molar-refractivity contribution is 5.91. The number of carbonyl (C=O) groups excluding carboxylic acids is 2. The second-order valence-corrected chi connectivity index (χ2v) is 4.14. The molecule has 4 heteroatoms. The van der Waals surface area contributed by atoms with Crippen molar-refractivity contribution >= 4 is 11.8 Å². The van der Waals surface area contributed by atoms with E-state index in [1.807, 2.05) is 36.4 Å². The van der Waals surface area contributed by atoms with Gasteiger partial charge < -0.3 is 10.1 Å². The fourth-order valence-corrected chi connectivity index (χ4v) is 1.75. The molecule has 104 valence electrons. The summed E-state index contributed by atoms with van der Waals surface area (Å²) in [6, 6.07) is 9.18. The molecule has 0 aromatic heterocycles. The Hall–Kier alpha value is -2.38. The zero-order valence-corrected chi connectivity index (χ0v) is 11.3. The highest BCUT2D eigenvalue weighted by atomic mass is 16.5. The molecule has 0 radical (unpaired) electrons. The van der Waals surface area contributed by atoms with Crippen LogP contribution in [0.2, 0.25) is 0 Å². The third kappa shape index (κ3) is 5.09. The molecule has 1 N–H and O–H groups in total. The lowest BCUT2D eigenvalue weighted by molar-refractivity contribution is -0.138. The van der Waals surface area contributed by atoms with Crippen LogP contribution in [0.15, 0.2) is 42.5 Å². The molecule has 0 spiro atoms. The molecule has 0 bridgehead atoms. The SMILES string of the molecule is C#COC(=O)C(C/C=C/C(=O)CNC)c1ccccc1. The van der Waals surface area contributed by atoms with Gasteiger partial charge in [-0.2, -0.15) is 0 Å². The first-order valence-electron chi connectivity index (χ1n) is 6.24. The van der Waals surface area contributed by atoms with Gasteiger partial charge in [-0.05, 0) is 25.1 Å². The number of carbonyl (C=O) groups is 2. The molecule has 1 aromatic carbocycles. The molecule has 1 rings (SSSR count). The molecule has 0 saturated heterocycles. The third-order valence-corrected chi connectivity index (χ3v) is 2.67. The maximum Gasteiger partial charge on any atom is 0.327 e. The van der Waals surface area contributed by atoms with Gasteiger partial charge in [-0.15, -0.1) is 0 Å². The molecular formula is C16H17NO3. The fraction of sp³-hybridized carbons (Fsp3) is 0.250. The zero-order chi connectivity index (χ0) is 14.8. The molecule has 0 heterocycles. The number of ketones is 1. The maximum atomic E-state index is 11.8. The number of nitrogens with one attached hydrogen (secondary N) is 1. The lowest BCUT2D eigenvalue weighted by Crippen LogP contribution is -2.16. The first kappa shape index (κ1) is 15.7. The van der Waals surface area contributed by atoms with Crippen molar-refractivity contribution in [3.8, 4) is 12.5 Å². The predicted molar refractivity (Wildman–Crippen MR) is 76.8 cm³/mol. The van der Waals surface area contributed by atoms with Crippen LogP contribution >= 0.6 is 0 Å². The molecular weight excluding hydrogens is 254 g/mol. The summed E-state index contributed by atoms with van der Waals surface area (Å²) >= 11 is 0. The van der Waals surface area contributed by atoms with Gasteiger partial charge in [-0.25, -0.2) is 0 Å². The monoisotopic (exact) mass is 271 g/mol. The van der Waals surface area contributed by atoms with Gasteiger partial charge in [0.1, 0.15) is 6.11 Å². The molecule has 1 unspecified atom stereocenters. The van der Waals surface area contributed by atoms with Gasteiger partial charge in [0.05, 0.1) is 12.5 Å². The first-order chi connectivity index (χ1) is 9.69. The van der Waals surface area contributed by atoms with Crippen molar-refractivity contribution in [3.05, 3.63) is 48.0 Å². The van der Waals surface area contributed by atoms with Crippen LogP contribution in [0.1, 0.15) is 17.9 Å². The summed E-state index contributed by atoms with van der Waals surface area (Å²) in [5.74, 6) is -1.06. The smallest absolute Gasteiger partial charge is 0.327 e. The Morgan fingerprint density at radius 1 is 1.40 bits per heavy atom. The number of hydrogen-bond donors (Lipinski definition) is 1. The summed E-state index contributed by atoms with van der Waals surface area (Å²) in [6.45, 7) is 0.265. The number of allylic oxidation sites excluding steroid dienone is 1. The second kappa shape index (κ2) is 8.68. The van der Waals surface area contributed by atoms with E-state index in [0.29, 0.717) is 6.42 Å². The lowest BCUT2D eigenvalue weighted by atomic mass is 9.95. The molecule has 0 fully saturated rings. The van der Waals surface area contributed by atoms with Crippen molar-refractivity contribution < 1.29 is 14.3 Å². The Balaban J connectivity index is 2.77. The van der Waals surface area contributed by atoms with Crippen molar-refractivity contribution in [2.45, 2.75) is 12.3 Å². The van der Waals surface area contributed by atoms with Gasteiger partial charge in [0, 0.05) is 0 Å². The van der Waals surface area contributed by atoms with Crippen molar-refractivity contribution in [1.29, 1.82) is 0 Å². The minimum atomic E-state index is -0.508. The quantitative estimate of drug-likeness (QED) is 0.465. The number of benzene rings is 1. The third-order valence-electron chi connectivity index (χ3n) is 2.67. The number of esters is 1.